The standard InChI is InChI=1S/C9H10N4O2/c1-13-9(10-11-12-13)15-8-5-3-7(14-2)4-6-8/h3-6H,1-2H3. The van der Waals surface area contributed by atoms with E-state index >= 15 is 0 Å². The monoisotopic (exact) mass is 206 g/mol. The highest BCUT2D eigenvalue weighted by Gasteiger charge is 2.04. The average molecular weight is 206 g/mol. The third-order valence-electron chi connectivity index (χ3n) is 1.85. The number of aryl methyl sites for hydroxylation is 1. The minimum atomic E-state index is 0.347. The molecule has 0 unspecified atom stereocenters. The first-order valence-corrected chi connectivity index (χ1v) is 4.34. The van der Waals surface area contributed by atoms with Gasteiger partial charge in [0.1, 0.15) is 11.5 Å². The lowest BCUT2D eigenvalue weighted by Gasteiger charge is -2.03. The number of rotatable bonds is 3. The Bertz CT molecular complexity index is 438. The lowest BCUT2D eigenvalue weighted by Crippen LogP contribution is -1.95. The van der Waals surface area contributed by atoms with Gasteiger partial charge in [0.2, 0.25) is 0 Å². The Hall–Kier alpha value is -2.11. The first kappa shape index (κ1) is 9.45. The van der Waals surface area contributed by atoms with Gasteiger partial charge in [0.05, 0.1) is 7.11 Å². The Morgan fingerprint density at radius 3 is 2.33 bits per heavy atom. The SMILES string of the molecule is COc1ccc(Oc2nnnn2C)cc1. The van der Waals surface area contributed by atoms with E-state index in [9.17, 15) is 0 Å². The molecule has 0 bridgehead atoms. The summed E-state index contributed by atoms with van der Waals surface area (Å²) in [6.45, 7) is 0. The fourth-order valence-corrected chi connectivity index (χ4v) is 1.06. The lowest BCUT2D eigenvalue weighted by molar-refractivity contribution is 0.404. The molecule has 0 radical (unpaired) electrons. The van der Waals surface area contributed by atoms with E-state index in [1.165, 1.54) is 4.68 Å². The summed E-state index contributed by atoms with van der Waals surface area (Å²) in [5, 5.41) is 10.8. The molecular weight excluding hydrogens is 196 g/mol. The maximum absolute atomic E-state index is 5.42. The van der Waals surface area contributed by atoms with Crippen LogP contribution in [0.25, 0.3) is 0 Å². The third-order valence-corrected chi connectivity index (χ3v) is 1.85. The summed E-state index contributed by atoms with van der Waals surface area (Å²) in [6, 6.07) is 7.53. The number of hydrogen-bond acceptors (Lipinski definition) is 5. The first-order valence-electron chi connectivity index (χ1n) is 4.34. The first-order chi connectivity index (χ1) is 7.29. The van der Waals surface area contributed by atoms with E-state index in [1.54, 1.807) is 38.4 Å². The number of hydrogen-bond donors (Lipinski definition) is 0. The molecule has 0 aliphatic heterocycles. The Morgan fingerprint density at radius 1 is 1.13 bits per heavy atom. The van der Waals surface area contributed by atoms with E-state index < -0.39 is 0 Å². The minimum Gasteiger partial charge on any atom is -0.497 e. The van der Waals surface area contributed by atoms with Crippen molar-refractivity contribution < 1.29 is 9.47 Å². The number of nitrogens with zero attached hydrogens (tertiary/aromatic N) is 4. The van der Waals surface area contributed by atoms with Gasteiger partial charge in [0.25, 0.3) is 0 Å². The number of methoxy groups -OCH3 is 1. The molecule has 78 valence electrons. The van der Waals surface area contributed by atoms with Gasteiger partial charge in [-0.3, -0.25) is 0 Å². The smallest absolute Gasteiger partial charge is 0.340 e. The van der Waals surface area contributed by atoms with Crippen molar-refractivity contribution in [2.24, 2.45) is 7.05 Å². The Kier molecular flexibility index (Phi) is 2.49. The van der Waals surface area contributed by atoms with Crippen molar-refractivity contribution in [2.45, 2.75) is 0 Å². The van der Waals surface area contributed by atoms with Crippen LogP contribution in [0.5, 0.6) is 17.5 Å². The molecule has 6 nitrogen and oxygen atoms in total. The van der Waals surface area contributed by atoms with Crippen LogP contribution in [-0.4, -0.2) is 27.3 Å². The van der Waals surface area contributed by atoms with E-state index in [2.05, 4.69) is 15.5 Å². The van der Waals surface area contributed by atoms with Crippen LogP contribution in [0, 0.1) is 0 Å². The normalized spacial score (nSPS) is 10.0. The molecule has 0 spiro atoms. The van der Waals surface area contributed by atoms with E-state index in [4.69, 9.17) is 9.47 Å². The van der Waals surface area contributed by atoms with Crippen LogP contribution in [0.1, 0.15) is 0 Å². The predicted octanol–water partition coefficient (Wildman–Crippen LogP) is 1.01. The number of ether oxygens (including phenoxy) is 2. The summed E-state index contributed by atoms with van der Waals surface area (Å²) in [7, 11) is 3.32. The van der Waals surface area contributed by atoms with Gasteiger partial charge in [-0.25, -0.2) is 0 Å². The highest BCUT2D eigenvalue weighted by atomic mass is 16.5. The molecule has 1 heterocycles. The summed E-state index contributed by atoms with van der Waals surface area (Å²) < 4.78 is 11.9. The van der Waals surface area contributed by atoms with Crippen molar-refractivity contribution in [2.75, 3.05) is 7.11 Å². The van der Waals surface area contributed by atoms with Gasteiger partial charge in [0, 0.05) is 7.05 Å². The number of aromatic nitrogens is 4. The van der Waals surface area contributed by atoms with Crippen molar-refractivity contribution in [3.8, 4) is 17.5 Å². The molecule has 1 aromatic heterocycles. The van der Waals surface area contributed by atoms with Gasteiger partial charge < -0.3 is 9.47 Å². The Labute approximate surface area is 86.4 Å². The summed E-state index contributed by atoms with van der Waals surface area (Å²) in [5.41, 5.74) is 0. The molecule has 2 aromatic rings. The van der Waals surface area contributed by atoms with Crippen LogP contribution < -0.4 is 9.47 Å². The minimum absolute atomic E-state index is 0.347. The average Bonchev–Trinajstić information content (AvgIpc) is 2.66. The zero-order chi connectivity index (χ0) is 10.7. The molecule has 0 aliphatic rings. The topological polar surface area (TPSA) is 62.1 Å². The van der Waals surface area contributed by atoms with Gasteiger partial charge in [0.15, 0.2) is 0 Å². The highest BCUT2D eigenvalue weighted by molar-refractivity contribution is 5.32. The highest BCUT2D eigenvalue weighted by Crippen LogP contribution is 2.20. The van der Waals surface area contributed by atoms with Crippen molar-refractivity contribution in [1.82, 2.24) is 20.2 Å². The molecule has 0 saturated heterocycles. The van der Waals surface area contributed by atoms with Crippen molar-refractivity contribution >= 4 is 0 Å². The molecule has 2 rings (SSSR count). The molecule has 0 aliphatic carbocycles. The van der Waals surface area contributed by atoms with Gasteiger partial charge in [-0.1, -0.05) is 5.10 Å². The quantitative estimate of drug-likeness (QED) is 0.750. The molecule has 0 fully saturated rings. The van der Waals surface area contributed by atoms with Gasteiger partial charge in [-0.2, -0.15) is 4.68 Å². The molecule has 0 amide bonds. The zero-order valence-corrected chi connectivity index (χ0v) is 8.41. The fraction of sp³-hybridized carbons (Fsp3) is 0.222. The second-order valence-corrected chi connectivity index (χ2v) is 2.86. The van der Waals surface area contributed by atoms with E-state index in [-0.39, 0.29) is 0 Å². The number of benzene rings is 1. The Balaban J connectivity index is 2.14. The van der Waals surface area contributed by atoms with E-state index in [0.29, 0.717) is 11.8 Å². The van der Waals surface area contributed by atoms with Crippen molar-refractivity contribution in [1.29, 1.82) is 0 Å². The van der Waals surface area contributed by atoms with Gasteiger partial charge in [-0.05, 0) is 34.7 Å². The second-order valence-electron chi connectivity index (χ2n) is 2.86. The number of tetrazole rings is 1. The molecule has 15 heavy (non-hydrogen) atoms. The van der Waals surface area contributed by atoms with E-state index in [0.717, 1.165) is 5.75 Å². The van der Waals surface area contributed by atoms with E-state index in [1.807, 2.05) is 0 Å². The van der Waals surface area contributed by atoms with Crippen molar-refractivity contribution in [3.63, 3.8) is 0 Å². The predicted molar refractivity (Wildman–Crippen MR) is 51.9 cm³/mol. The van der Waals surface area contributed by atoms with Crippen LogP contribution in [0.3, 0.4) is 0 Å². The summed E-state index contributed by atoms with van der Waals surface area (Å²) in [4.78, 5) is 0. The van der Waals surface area contributed by atoms with Crippen LogP contribution >= 0.6 is 0 Å². The molecule has 0 N–H and O–H groups in total. The maximum atomic E-state index is 5.42. The molecule has 0 atom stereocenters. The van der Waals surface area contributed by atoms with Crippen LogP contribution in [0.15, 0.2) is 24.3 Å². The van der Waals surface area contributed by atoms with Crippen LogP contribution in [-0.2, 0) is 7.05 Å². The fourth-order valence-electron chi connectivity index (χ4n) is 1.06. The van der Waals surface area contributed by atoms with Crippen molar-refractivity contribution in [3.05, 3.63) is 24.3 Å². The molecular formula is C9H10N4O2. The molecule has 1 aromatic carbocycles. The zero-order valence-electron chi connectivity index (χ0n) is 8.41. The summed E-state index contributed by atoms with van der Waals surface area (Å²) >= 11 is 0. The van der Waals surface area contributed by atoms with Crippen LogP contribution in [0.4, 0.5) is 0 Å². The second kappa shape index (κ2) is 3.95. The van der Waals surface area contributed by atoms with Crippen LogP contribution in [0.2, 0.25) is 0 Å². The Morgan fingerprint density at radius 2 is 1.80 bits per heavy atom. The molecule has 0 saturated carbocycles. The lowest BCUT2D eigenvalue weighted by atomic mass is 10.3. The maximum Gasteiger partial charge on any atom is 0.340 e. The van der Waals surface area contributed by atoms with Gasteiger partial charge in [-0.15, -0.1) is 0 Å². The summed E-state index contributed by atoms with van der Waals surface area (Å²) in [6.07, 6.45) is 0. The van der Waals surface area contributed by atoms with Gasteiger partial charge >= 0.3 is 6.01 Å². The summed E-state index contributed by atoms with van der Waals surface area (Å²) in [5.74, 6) is 1.44. The largest absolute Gasteiger partial charge is 0.497 e. The molecule has 6 heteroatoms. The third kappa shape index (κ3) is 2.04.